The fourth-order valence-corrected chi connectivity index (χ4v) is 4.88. The molecule has 3 aromatic carbocycles. The lowest BCUT2D eigenvalue weighted by Gasteiger charge is -2.44. The minimum atomic E-state index is -2.11. The van der Waals surface area contributed by atoms with Gasteiger partial charge in [-0.3, -0.25) is 0 Å². The first kappa shape index (κ1) is 21.6. The quantitative estimate of drug-likeness (QED) is 0.622. The maximum Gasteiger partial charge on any atom is 0.359 e. The maximum absolute atomic E-state index is 13.8. The van der Waals surface area contributed by atoms with Gasteiger partial charge in [-0.05, 0) is 23.3 Å². The van der Waals surface area contributed by atoms with Crippen LogP contribution in [0.25, 0.3) is 0 Å². The van der Waals surface area contributed by atoms with E-state index in [0.717, 1.165) is 5.56 Å². The number of nitrogens with zero attached hydrogens (tertiary/aromatic N) is 1. The number of methoxy groups -OCH3 is 2. The Bertz CT molecular complexity index is 1090. The van der Waals surface area contributed by atoms with E-state index in [9.17, 15) is 14.7 Å². The van der Waals surface area contributed by atoms with Crippen molar-refractivity contribution in [3.63, 3.8) is 0 Å². The SMILES string of the molecule is COC(=O)[C@@]1(O)C[C@H](c2ccccc2)[C@@](C(=O)OC)(c2ccccc2)N1c1ccccc1. The van der Waals surface area contributed by atoms with E-state index in [1.165, 1.54) is 19.1 Å². The van der Waals surface area contributed by atoms with Crippen molar-refractivity contribution in [2.75, 3.05) is 19.1 Å². The van der Waals surface area contributed by atoms with Crippen LogP contribution < -0.4 is 4.90 Å². The van der Waals surface area contributed by atoms with Crippen molar-refractivity contribution in [2.24, 2.45) is 0 Å². The van der Waals surface area contributed by atoms with Gasteiger partial charge in [0.15, 0.2) is 5.54 Å². The van der Waals surface area contributed by atoms with Crippen molar-refractivity contribution >= 4 is 17.6 Å². The van der Waals surface area contributed by atoms with Crippen molar-refractivity contribution in [3.8, 4) is 0 Å². The Morgan fingerprint density at radius 2 is 1.31 bits per heavy atom. The number of ether oxygens (including phenoxy) is 2. The van der Waals surface area contributed by atoms with Crippen molar-refractivity contribution in [1.82, 2.24) is 0 Å². The standard InChI is InChI=1S/C26H25NO5/c1-31-23(28)25(30)18-22(19-12-6-3-7-13-19)26(24(29)32-2,20-14-8-4-9-15-20)27(25)21-16-10-5-11-17-21/h3-17,22,30H,18H2,1-2H3/t22-,25+,26-/m1/s1. The van der Waals surface area contributed by atoms with Crippen LogP contribution in [0.3, 0.4) is 0 Å². The maximum atomic E-state index is 13.8. The highest BCUT2D eigenvalue weighted by molar-refractivity contribution is 5.95. The highest BCUT2D eigenvalue weighted by Crippen LogP contribution is 2.57. The summed E-state index contributed by atoms with van der Waals surface area (Å²) in [7, 11) is 2.54. The average Bonchev–Trinajstić information content (AvgIpc) is 3.15. The molecule has 6 heteroatoms. The summed E-state index contributed by atoms with van der Waals surface area (Å²) in [6.45, 7) is 0. The Kier molecular flexibility index (Phi) is 5.72. The molecule has 1 N–H and O–H groups in total. The van der Waals surface area contributed by atoms with Gasteiger partial charge in [0.05, 0.1) is 14.2 Å². The Labute approximate surface area is 187 Å². The lowest BCUT2D eigenvalue weighted by Crippen LogP contribution is -2.61. The summed E-state index contributed by atoms with van der Waals surface area (Å²) in [5, 5.41) is 11.9. The number of hydrogen-bond donors (Lipinski definition) is 1. The van der Waals surface area contributed by atoms with Crippen LogP contribution in [0.15, 0.2) is 91.0 Å². The molecule has 1 heterocycles. The summed E-state index contributed by atoms with van der Waals surface area (Å²) in [5.74, 6) is -2.03. The largest absolute Gasteiger partial charge is 0.467 e. The zero-order chi connectivity index (χ0) is 22.8. The van der Waals surface area contributed by atoms with Crippen LogP contribution in [-0.2, 0) is 24.6 Å². The number of carbonyl (C=O) groups excluding carboxylic acids is 2. The molecular weight excluding hydrogens is 406 g/mol. The summed E-state index contributed by atoms with van der Waals surface area (Å²) in [5.41, 5.74) is -1.75. The van der Waals surface area contributed by atoms with E-state index in [0.29, 0.717) is 11.3 Å². The van der Waals surface area contributed by atoms with E-state index in [1.54, 1.807) is 24.3 Å². The Morgan fingerprint density at radius 1 is 0.812 bits per heavy atom. The lowest BCUT2D eigenvalue weighted by molar-refractivity contribution is -0.162. The van der Waals surface area contributed by atoms with E-state index in [-0.39, 0.29) is 6.42 Å². The van der Waals surface area contributed by atoms with Crippen molar-refractivity contribution in [2.45, 2.75) is 23.6 Å². The molecule has 0 unspecified atom stereocenters. The van der Waals surface area contributed by atoms with Crippen LogP contribution >= 0.6 is 0 Å². The number of anilines is 1. The van der Waals surface area contributed by atoms with E-state index in [2.05, 4.69) is 0 Å². The minimum absolute atomic E-state index is 0.0669. The molecule has 3 atom stereocenters. The first-order valence-corrected chi connectivity index (χ1v) is 10.3. The third-order valence-electron chi connectivity index (χ3n) is 6.15. The molecule has 6 nitrogen and oxygen atoms in total. The van der Waals surface area contributed by atoms with Gasteiger partial charge in [0.1, 0.15) is 0 Å². The summed E-state index contributed by atoms with van der Waals surface area (Å²) >= 11 is 0. The number of hydrogen-bond acceptors (Lipinski definition) is 6. The number of benzene rings is 3. The topological polar surface area (TPSA) is 76.1 Å². The Morgan fingerprint density at radius 3 is 1.84 bits per heavy atom. The van der Waals surface area contributed by atoms with Crippen LogP contribution in [0.2, 0.25) is 0 Å². The van der Waals surface area contributed by atoms with Gasteiger partial charge in [-0.25, -0.2) is 9.59 Å². The molecule has 0 spiro atoms. The van der Waals surface area contributed by atoms with Gasteiger partial charge in [0, 0.05) is 18.0 Å². The second-order valence-electron chi connectivity index (χ2n) is 7.77. The molecule has 0 radical (unpaired) electrons. The normalized spacial score (nSPS) is 24.7. The second-order valence-corrected chi connectivity index (χ2v) is 7.77. The molecule has 0 aliphatic carbocycles. The van der Waals surface area contributed by atoms with Crippen LogP contribution in [0, 0.1) is 0 Å². The first-order chi connectivity index (χ1) is 15.5. The number of esters is 2. The minimum Gasteiger partial charge on any atom is -0.467 e. The van der Waals surface area contributed by atoms with E-state index >= 15 is 0 Å². The van der Waals surface area contributed by atoms with Gasteiger partial charge >= 0.3 is 11.9 Å². The monoisotopic (exact) mass is 431 g/mol. The van der Waals surface area contributed by atoms with Crippen molar-refractivity contribution in [1.29, 1.82) is 0 Å². The van der Waals surface area contributed by atoms with E-state index in [1.807, 2.05) is 66.7 Å². The van der Waals surface area contributed by atoms with Gasteiger partial charge in [0.25, 0.3) is 0 Å². The van der Waals surface area contributed by atoms with Gasteiger partial charge in [-0.15, -0.1) is 0 Å². The molecule has 4 rings (SSSR count). The lowest BCUT2D eigenvalue weighted by atomic mass is 9.74. The molecule has 1 saturated heterocycles. The van der Waals surface area contributed by atoms with Crippen molar-refractivity contribution in [3.05, 3.63) is 102 Å². The smallest absolute Gasteiger partial charge is 0.359 e. The van der Waals surface area contributed by atoms with E-state index in [4.69, 9.17) is 9.47 Å². The highest BCUT2D eigenvalue weighted by atomic mass is 16.5. The molecule has 0 aromatic heterocycles. The highest BCUT2D eigenvalue weighted by Gasteiger charge is 2.69. The predicted octanol–water partition coefficient (Wildman–Crippen LogP) is 3.61. The third-order valence-corrected chi connectivity index (χ3v) is 6.15. The van der Waals surface area contributed by atoms with Gasteiger partial charge in [-0.2, -0.15) is 0 Å². The number of rotatable bonds is 5. The van der Waals surface area contributed by atoms with Crippen LogP contribution in [0.5, 0.6) is 0 Å². The second kappa shape index (κ2) is 8.48. The molecule has 1 aliphatic heterocycles. The molecule has 1 fully saturated rings. The van der Waals surface area contributed by atoms with Gasteiger partial charge < -0.3 is 19.5 Å². The fourth-order valence-electron chi connectivity index (χ4n) is 4.88. The Hall–Kier alpha value is -3.64. The molecule has 0 saturated carbocycles. The van der Waals surface area contributed by atoms with Crippen LogP contribution in [0.1, 0.15) is 23.5 Å². The fraction of sp³-hybridized carbons (Fsp3) is 0.231. The zero-order valence-corrected chi connectivity index (χ0v) is 18.0. The molecule has 0 amide bonds. The zero-order valence-electron chi connectivity index (χ0n) is 18.0. The first-order valence-electron chi connectivity index (χ1n) is 10.3. The summed E-state index contributed by atoms with van der Waals surface area (Å²) in [6.07, 6.45) is -0.0669. The summed E-state index contributed by atoms with van der Waals surface area (Å²) in [6, 6.07) is 27.4. The van der Waals surface area contributed by atoms with Crippen LogP contribution in [0.4, 0.5) is 5.69 Å². The summed E-state index contributed by atoms with van der Waals surface area (Å²) in [4.78, 5) is 28.3. The molecular formula is C26H25NO5. The molecule has 0 bridgehead atoms. The summed E-state index contributed by atoms with van der Waals surface area (Å²) < 4.78 is 10.4. The average molecular weight is 431 g/mol. The molecule has 1 aliphatic rings. The number of aliphatic hydroxyl groups is 1. The predicted molar refractivity (Wildman–Crippen MR) is 120 cm³/mol. The van der Waals surface area contributed by atoms with Gasteiger partial charge in [-0.1, -0.05) is 78.9 Å². The Balaban J connectivity index is 2.12. The molecule has 32 heavy (non-hydrogen) atoms. The molecule has 164 valence electrons. The van der Waals surface area contributed by atoms with Crippen molar-refractivity contribution < 1.29 is 24.2 Å². The number of para-hydroxylation sites is 1. The third kappa shape index (κ3) is 3.15. The van der Waals surface area contributed by atoms with E-state index < -0.39 is 29.1 Å². The molecule has 3 aromatic rings. The van der Waals surface area contributed by atoms with Crippen LogP contribution in [-0.4, -0.2) is 37.0 Å². The van der Waals surface area contributed by atoms with Gasteiger partial charge in [0.2, 0.25) is 5.72 Å². The number of carbonyl (C=O) groups is 2.